The van der Waals surface area contributed by atoms with E-state index in [0.717, 1.165) is 12.1 Å². The van der Waals surface area contributed by atoms with Gasteiger partial charge in [0.05, 0.1) is 26.4 Å². The third-order valence-electron chi connectivity index (χ3n) is 6.45. The van der Waals surface area contributed by atoms with Gasteiger partial charge in [-0.15, -0.1) is 0 Å². The van der Waals surface area contributed by atoms with Crippen molar-refractivity contribution in [2.45, 2.75) is 26.7 Å². The Bertz CT molecular complexity index is 1520. The minimum absolute atomic E-state index is 0.0403. The van der Waals surface area contributed by atoms with Crippen LogP contribution in [0, 0.1) is 34.9 Å². The van der Waals surface area contributed by atoms with Gasteiger partial charge in [0.2, 0.25) is 11.6 Å². The largest absolute Gasteiger partial charge is 0.493 e. The van der Waals surface area contributed by atoms with Crippen LogP contribution >= 0.6 is 0 Å². The fourth-order valence-corrected chi connectivity index (χ4v) is 4.31. The molecule has 0 heterocycles. The number of Topliss-reactive ketones (excluding diaryl/α,β-unsaturated/α-hetero) is 1. The molecule has 0 spiro atoms. The minimum Gasteiger partial charge on any atom is -0.493 e. The summed E-state index contributed by atoms with van der Waals surface area (Å²) in [6.07, 6.45) is -0.0807. The number of carbonyl (C=O) groups excluding carboxylic acids is 1. The highest BCUT2D eigenvalue weighted by molar-refractivity contribution is 5.78. The van der Waals surface area contributed by atoms with Gasteiger partial charge in [-0.1, -0.05) is 0 Å². The van der Waals surface area contributed by atoms with E-state index in [1.807, 2.05) is 0 Å². The number of benzene rings is 4. The van der Waals surface area contributed by atoms with Crippen molar-refractivity contribution in [3.63, 3.8) is 0 Å². The molecule has 4 aromatic rings. The predicted octanol–water partition coefficient (Wildman–Crippen LogP) is 8.46. The van der Waals surface area contributed by atoms with Crippen LogP contribution in [-0.4, -0.2) is 32.2 Å². The van der Waals surface area contributed by atoms with E-state index in [4.69, 9.17) is 18.9 Å². The fraction of sp³-hybridized carbons (Fsp3) is 0.242. The first-order valence-electron chi connectivity index (χ1n) is 13.7. The van der Waals surface area contributed by atoms with Crippen molar-refractivity contribution in [2.75, 3.05) is 26.4 Å². The number of carbonyl (C=O) groups is 1. The lowest BCUT2D eigenvalue weighted by molar-refractivity contribution is -0.120. The summed E-state index contributed by atoms with van der Waals surface area (Å²) in [4.78, 5) is 12.2. The van der Waals surface area contributed by atoms with Crippen LogP contribution < -0.4 is 18.9 Å². The zero-order chi connectivity index (χ0) is 31.8. The molecule has 0 bridgehead atoms. The molecule has 0 N–H and O–H groups in total. The second kappa shape index (κ2) is 14.7. The molecule has 0 unspecified atom stereocenters. The Labute approximate surface area is 249 Å². The van der Waals surface area contributed by atoms with E-state index in [-0.39, 0.29) is 90.3 Å². The molecule has 0 aliphatic rings. The number of hydrogen-bond acceptors (Lipinski definition) is 5. The topological polar surface area (TPSA) is 54.0 Å². The van der Waals surface area contributed by atoms with Crippen LogP contribution in [0.2, 0.25) is 0 Å². The van der Waals surface area contributed by atoms with Gasteiger partial charge in [-0.25, -0.2) is 17.6 Å². The van der Waals surface area contributed by atoms with Crippen molar-refractivity contribution < 1.29 is 50.1 Å². The summed E-state index contributed by atoms with van der Waals surface area (Å²) in [5, 5.41) is 0. The molecule has 44 heavy (non-hydrogen) atoms. The molecule has 0 amide bonds. The monoisotopic (exact) mass is 618 g/mol. The van der Waals surface area contributed by atoms with Gasteiger partial charge >= 0.3 is 0 Å². The SMILES string of the molecule is CCOc1ccc(-c2ccc(OCCC(=O)CCOc3ccc(-c4ccc(OCC)c(F)c4F)c(F)c3)cc2F)c(F)c1F. The molecular formula is C33H28F6O5. The van der Waals surface area contributed by atoms with E-state index in [1.54, 1.807) is 13.8 Å². The van der Waals surface area contributed by atoms with Crippen molar-refractivity contribution in [1.29, 1.82) is 0 Å². The average Bonchev–Trinajstić information content (AvgIpc) is 2.99. The van der Waals surface area contributed by atoms with Crippen molar-refractivity contribution in [2.24, 2.45) is 0 Å². The van der Waals surface area contributed by atoms with Gasteiger partial charge in [-0.05, 0) is 62.4 Å². The standard InChI is InChI=1S/C33H28F6O5/c1-3-41-28-11-9-24(30(36)32(28)38)22-7-5-20(17-26(22)34)43-15-13-19(40)14-16-44-21-6-8-23(27(35)18-21)25-10-12-29(42-4-2)33(39)31(25)37/h5-12,17-18H,3-4,13-16H2,1-2H3. The van der Waals surface area contributed by atoms with Gasteiger partial charge in [0.15, 0.2) is 23.1 Å². The summed E-state index contributed by atoms with van der Waals surface area (Å²) in [6.45, 7) is 3.34. The third kappa shape index (κ3) is 7.45. The normalized spacial score (nSPS) is 10.9. The molecule has 11 heteroatoms. The van der Waals surface area contributed by atoms with Crippen LogP contribution in [0.3, 0.4) is 0 Å². The Morgan fingerprint density at radius 3 is 1.27 bits per heavy atom. The van der Waals surface area contributed by atoms with Crippen LogP contribution in [0.5, 0.6) is 23.0 Å². The van der Waals surface area contributed by atoms with E-state index in [9.17, 15) is 31.1 Å². The predicted molar refractivity (Wildman–Crippen MR) is 151 cm³/mol. The summed E-state index contributed by atoms with van der Waals surface area (Å²) < 4.78 is 108. The number of halogens is 6. The van der Waals surface area contributed by atoms with Gasteiger partial charge in [-0.2, -0.15) is 8.78 Å². The van der Waals surface area contributed by atoms with E-state index in [2.05, 4.69) is 0 Å². The molecule has 0 aliphatic carbocycles. The maximum atomic E-state index is 14.7. The van der Waals surface area contributed by atoms with Gasteiger partial charge in [0.25, 0.3) is 0 Å². The molecule has 0 atom stereocenters. The highest BCUT2D eigenvalue weighted by Crippen LogP contribution is 2.34. The number of hydrogen-bond donors (Lipinski definition) is 0. The summed E-state index contributed by atoms with van der Waals surface area (Å²) in [6, 6.07) is 12.1. The molecule has 0 fully saturated rings. The Balaban J connectivity index is 1.26. The molecule has 0 aromatic heterocycles. The molecule has 232 valence electrons. The van der Waals surface area contributed by atoms with E-state index < -0.39 is 34.9 Å². The Morgan fingerprint density at radius 2 is 0.909 bits per heavy atom. The molecule has 4 rings (SSSR count). The maximum absolute atomic E-state index is 14.7. The van der Waals surface area contributed by atoms with Crippen LogP contribution in [0.25, 0.3) is 22.3 Å². The Morgan fingerprint density at radius 1 is 0.523 bits per heavy atom. The van der Waals surface area contributed by atoms with Gasteiger partial charge in [0, 0.05) is 47.2 Å². The van der Waals surface area contributed by atoms with Crippen LogP contribution in [0.15, 0.2) is 60.7 Å². The van der Waals surface area contributed by atoms with Crippen molar-refractivity contribution in [3.8, 4) is 45.3 Å². The highest BCUT2D eigenvalue weighted by atomic mass is 19.2. The lowest BCUT2D eigenvalue weighted by Crippen LogP contribution is -2.10. The smallest absolute Gasteiger partial charge is 0.201 e. The zero-order valence-electron chi connectivity index (χ0n) is 23.8. The first-order valence-corrected chi connectivity index (χ1v) is 13.7. The van der Waals surface area contributed by atoms with Gasteiger partial charge < -0.3 is 18.9 Å². The summed E-state index contributed by atoms with van der Waals surface area (Å²) in [5.41, 5.74) is -0.911. The quantitative estimate of drug-likeness (QED) is 0.133. The maximum Gasteiger partial charge on any atom is 0.201 e. The number of rotatable bonds is 14. The first-order chi connectivity index (χ1) is 21.1. The second-order valence-corrected chi connectivity index (χ2v) is 9.36. The first kappa shape index (κ1) is 32.2. The zero-order valence-corrected chi connectivity index (χ0v) is 23.8. The molecule has 5 nitrogen and oxygen atoms in total. The molecular weight excluding hydrogens is 590 g/mol. The Kier molecular flexibility index (Phi) is 10.8. The third-order valence-corrected chi connectivity index (χ3v) is 6.45. The van der Waals surface area contributed by atoms with Gasteiger partial charge in [-0.3, -0.25) is 4.79 Å². The highest BCUT2D eigenvalue weighted by Gasteiger charge is 2.20. The average molecular weight is 619 g/mol. The van der Waals surface area contributed by atoms with Gasteiger partial charge in [0.1, 0.15) is 28.9 Å². The summed E-state index contributed by atoms with van der Waals surface area (Å²) >= 11 is 0. The second-order valence-electron chi connectivity index (χ2n) is 9.36. The lowest BCUT2D eigenvalue weighted by Gasteiger charge is -2.12. The molecule has 0 aliphatic heterocycles. The van der Waals surface area contributed by atoms with Crippen molar-refractivity contribution >= 4 is 5.78 Å². The Hall–Kier alpha value is -4.67. The molecule has 0 saturated heterocycles. The number of ketones is 1. The van der Waals surface area contributed by atoms with E-state index >= 15 is 0 Å². The summed E-state index contributed by atoms with van der Waals surface area (Å²) in [5.74, 6) is -7.25. The summed E-state index contributed by atoms with van der Waals surface area (Å²) in [7, 11) is 0. The molecule has 0 radical (unpaired) electrons. The van der Waals surface area contributed by atoms with E-state index in [1.165, 1.54) is 48.5 Å². The lowest BCUT2D eigenvalue weighted by atomic mass is 10.0. The molecule has 4 aromatic carbocycles. The fourth-order valence-electron chi connectivity index (χ4n) is 4.31. The minimum atomic E-state index is -1.24. The van der Waals surface area contributed by atoms with Crippen LogP contribution in [0.4, 0.5) is 26.3 Å². The van der Waals surface area contributed by atoms with Crippen molar-refractivity contribution in [3.05, 3.63) is 95.6 Å². The van der Waals surface area contributed by atoms with Crippen molar-refractivity contribution in [1.82, 2.24) is 0 Å². The van der Waals surface area contributed by atoms with Crippen LogP contribution in [0.1, 0.15) is 26.7 Å². The molecule has 0 saturated carbocycles. The number of ether oxygens (including phenoxy) is 4. The van der Waals surface area contributed by atoms with E-state index in [0.29, 0.717) is 0 Å². The van der Waals surface area contributed by atoms with Crippen LogP contribution in [-0.2, 0) is 4.79 Å².